The molecule has 25 heavy (non-hydrogen) atoms. The van der Waals surface area contributed by atoms with Crippen LogP contribution in [0.1, 0.15) is 10.5 Å². The lowest BCUT2D eigenvalue weighted by atomic mass is 10.1. The van der Waals surface area contributed by atoms with Crippen molar-refractivity contribution in [2.45, 2.75) is 0 Å². The zero-order valence-electron chi connectivity index (χ0n) is 12.6. The second-order valence-corrected chi connectivity index (χ2v) is 6.09. The molecule has 3 N–H and O–H groups in total. The van der Waals surface area contributed by atoms with E-state index in [0.29, 0.717) is 11.4 Å². The van der Waals surface area contributed by atoms with E-state index in [1.165, 1.54) is 11.3 Å². The SMILES string of the molecule is O=C(Nc1ccccc1-c1cn2ccsc2n1)c1cc(=O)[nH]c(=O)[nH]1. The van der Waals surface area contributed by atoms with Gasteiger partial charge in [0.2, 0.25) is 0 Å². The molecule has 9 heteroatoms. The number of aromatic amines is 2. The highest BCUT2D eigenvalue weighted by Crippen LogP contribution is 2.28. The number of rotatable bonds is 3. The first-order chi connectivity index (χ1) is 12.1. The number of para-hydroxylation sites is 1. The molecule has 4 aromatic rings. The normalized spacial score (nSPS) is 10.9. The van der Waals surface area contributed by atoms with Gasteiger partial charge >= 0.3 is 5.69 Å². The number of nitrogens with one attached hydrogen (secondary N) is 3. The standard InChI is InChI=1S/C16H11N5O3S/c22-13-7-11(18-15(24)20-13)14(23)17-10-4-2-1-3-9(10)12-8-21-5-6-25-16(21)19-12/h1-8H,(H,17,23)(H2,18,20,22,24). The third-order valence-corrected chi connectivity index (χ3v) is 4.32. The molecule has 0 unspecified atom stereocenters. The number of hydrogen-bond donors (Lipinski definition) is 3. The summed E-state index contributed by atoms with van der Waals surface area (Å²) in [6.07, 6.45) is 3.77. The van der Waals surface area contributed by atoms with Gasteiger partial charge in [-0.1, -0.05) is 18.2 Å². The third kappa shape index (κ3) is 2.88. The minimum absolute atomic E-state index is 0.116. The Morgan fingerprint density at radius 1 is 1.20 bits per heavy atom. The molecule has 1 aromatic carbocycles. The molecule has 0 aliphatic carbocycles. The zero-order valence-corrected chi connectivity index (χ0v) is 13.5. The van der Waals surface area contributed by atoms with E-state index in [4.69, 9.17) is 0 Å². The quantitative estimate of drug-likeness (QED) is 0.520. The number of nitrogens with zero attached hydrogens (tertiary/aromatic N) is 2. The fraction of sp³-hybridized carbons (Fsp3) is 0. The van der Waals surface area contributed by atoms with Gasteiger partial charge in [0.15, 0.2) is 4.96 Å². The summed E-state index contributed by atoms with van der Waals surface area (Å²) in [6.45, 7) is 0. The topological polar surface area (TPSA) is 112 Å². The van der Waals surface area contributed by atoms with E-state index in [-0.39, 0.29) is 5.69 Å². The number of thiazole rings is 1. The van der Waals surface area contributed by atoms with Gasteiger partial charge in [-0.3, -0.25) is 19.0 Å². The van der Waals surface area contributed by atoms with Gasteiger partial charge in [-0.25, -0.2) is 9.78 Å². The van der Waals surface area contributed by atoms with Gasteiger partial charge in [0.05, 0.1) is 11.4 Å². The molecule has 0 radical (unpaired) electrons. The maximum absolute atomic E-state index is 12.4. The Kier molecular flexibility index (Phi) is 3.55. The Morgan fingerprint density at radius 3 is 2.84 bits per heavy atom. The van der Waals surface area contributed by atoms with Crippen LogP contribution < -0.4 is 16.6 Å². The highest BCUT2D eigenvalue weighted by molar-refractivity contribution is 7.15. The van der Waals surface area contributed by atoms with Gasteiger partial charge in [0.25, 0.3) is 11.5 Å². The van der Waals surface area contributed by atoms with Crippen LogP contribution in [0.2, 0.25) is 0 Å². The molecule has 0 saturated heterocycles. The van der Waals surface area contributed by atoms with Crippen molar-refractivity contribution in [1.29, 1.82) is 0 Å². The Labute approximate surface area is 143 Å². The fourth-order valence-electron chi connectivity index (χ4n) is 2.45. The number of anilines is 1. The molecule has 0 fully saturated rings. The number of carbonyl (C=O) groups is 1. The number of benzene rings is 1. The molecule has 0 bridgehead atoms. The van der Waals surface area contributed by atoms with Crippen molar-refractivity contribution >= 4 is 27.9 Å². The highest BCUT2D eigenvalue weighted by atomic mass is 32.1. The first kappa shape index (κ1) is 15.1. The van der Waals surface area contributed by atoms with Gasteiger partial charge in [-0.15, -0.1) is 11.3 Å². The summed E-state index contributed by atoms with van der Waals surface area (Å²) >= 11 is 1.51. The maximum atomic E-state index is 12.4. The number of H-pyrrole nitrogens is 2. The van der Waals surface area contributed by atoms with Crippen molar-refractivity contribution in [2.24, 2.45) is 0 Å². The van der Waals surface area contributed by atoms with Crippen molar-refractivity contribution in [3.63, 3.8) is 0 Å². The molecule has 0 atom stereocenters. The van der Waals surface area contributed by atoms with E-state index in [1.54, 1.807) is 12.1 Å². The van der Waals surface area contributed by atoms with Crippen LogP contribution in [0.3, 0.4) is 0 Å². The molecule has 1 amide bonds. The van der Waals surface area contributed by atoms with Gasteiger partial charge in [0.1, 0.15) is 5.69 Å². The molecule has 8 nitrogen and oxygen atoms in total. The summed E-state index contributed by atoms with van der Waals surface area (Å²) in [5.41, 5.74) is 0.478. The van der Waals surface area contributed by atoms with Gasteiger partial charge in [-0.2, -0.15) is 0 Å². The number of fused-ring (bicyclic) bond motifs is 1. The molecule has 3 heterocycles. The maximum Gasteiger partial charge on any atom is 0.326 e. The highest BCUT2D eigenvalue weighted by Gasteiger charge is 2.14. The van der Waals surface area contributed by atoms with Crippen LogP contribution in [0.5, 0.6) is 0 Å². The molecule has 0 spiro atoms. The summed E-state index contributed by atoms with van der Waals surface area (Å²) in [5.74, 6) is -0.586. The Bertz CT molecular complexity index is 1140. The van der Waals surface area contributed by atoms with Crippen LogP contribution in [0, 0.1) is 0 Å². The van der Waals surface area contributed by atoms with E-state index in [2.05, 4.69) is 15.3 Å². The number of carbonyl (C=O) groups excluding carboxylic acids is 1. The summed E-state index contributed by atoms with van der Waals surface area (Å²) in [4.78, 5) is 44.7. The monoisotopic (exact) mass is 353 g/mol. The average molecular weight is 353 g/mol. The van der Waals surface area contributed by atoms with Crippen molar-refractivity contribution in [3.8, 4) is 11.3 Å². The van der Waals surface area contributed by atoms with Crippen LogP contribution in [0.4, 0.5) is 5.69 Å². The number of imidazole rings is 1. The van der Waals surface area contributed by atoms with Crippen LogP contribution in [0.15, 0.2) is 57.7 Å². The largest absolute Gasteiger partial charge is 0.326 e. The van der Waals surface area contributed by atoms with E-state index in [1.807, 2.05) is 39.3 Å². The molecule has 0 saturated carbocycles. The fourth-order valence-corrected chi connectivity index (χ4v) is 3.15. The molecule has 124 valence electrons. The first-order valence-corrected chi connectivity index (χ1v) is 8.15. The van der Waals surface area contributed by atoms with Crippen molar-refractivity contribution < 1.29 is 4.79 Å². The lowest BCUT2D eigenvalue weighted by Gasteiger charge is -2.09. The van der Waals surface area contributed by atoms with E-state index in [9.17, 15) is 14.4 Å². The smallest absolute Gasteiger partial charge is 0.320 e. The average Bonchev–Trinajstić information content (AvgIpc) is 3.16. The number of aromatic nitrogens is 4. The Morgan fingerprint density at radius 2 is 2.04 bits per heavy atom. The predicted molar refractivity (Wildman–Crippen MR) is 94.1 cm³/mol. The van der Waals surface area contributed by atoms with Gasteiger partial charge in [-0.05, 0) is 6.07 Å². The molecular weight excluding hydrogens is 342 g/mol. The summed E-state index contributed by atoms with van der Waals surface area (Å²) in [5, 5.41) is 4.64. The number of hydrogen-bond acceptors (Lipinski definition) is 5. The van der Waals surface area contributed by atoms with Crippen molar-refractivity contribution in [3.05, 3.63) is 74.6 Å². The van der Waals surface area contributed by atoms with Gasteiger partial charge < -0.3 is 10.3 Å². The lowest BCUT2D eigenvalue weighted by molar-refractivity contribution is 0.102. The number of amides is 1. The lowest BCUT2D eigenvalue weighted by Crippen LogP contribution is -2.27. The summed E-state index contributed by atoms with van der Waals surface area (Å²) in [6, 6.07) is 8.21. The third-order valence-electron chi connectivity index (χ3n) is 3.55. The van der Waals surface area contributed by atoms with Crippen molar-refractivity contribution in [1.82, 2.24) is 19.4 Å². The molecule has 0 aliphatic rings. The minimum atomic E-state index is -0.736. The van der Waals surface area contributed by atoms with Crippen LogP contribution in [-0.2, 0) is 0 Å². The molecule has 3 aromatic heterocycles. The van der Waals surface area contributed by atoms with Gasteiger partial charge in [0, 0.05) is 29.4 Å². The van der Waals surface area contributed by atoms with Crippen LogP contribution in [-0.4, -0.2) is 25.3 Å². The molecule has 4 rings (SSSR count). The summed E-state index contributed by atoms with van der Waals surface area (Å²) < 4.78 is 1.90. The van der Waals surface area contributed by atoms with E-state index < -0.39 is 17.2 Å². The minimum Gasteiger partial charge on any atom is -0.320 e. The predicted octanol–water partition coefficient (Wildman–Crippen LogP) is 1.69. The second kappa shape index (κ2) is 5.87. The van der Waals surface area contributed by atoms with Crippen molar-refractivity contribution in [2.75, 3.05) is 5.32 Å². The van der Waals surface area contributed by atoms with Crippen LogP contribution >= 0.6 is 11.3 Å². The summed E-state index contributed by atoms with van der Waals surface area (Å²) in [7, 11) is 0. The second-order valence-electron chi connectivity index (χ2n) is 5.22. The first-order valence-electron chi connectivity index (χ1n) is 7.27. The van der Waals surface area contributed by atoms with E-state index in [0.717, 1.165) is 16.6 Å². The zero-order chi connectivity index (χ0) is 17.4. The Balaban J connectivity index is 1.71. The van der Waals surface area contributed by atoms with E-state index >= 15 is 0 Å². The van der Waals surface area contributed by atoms with Crippen LogP contribution in [0.25, 0.3) is 16.2 Å². The Hall–Kier alpha value is -3.46. The molecular formula is C16H11N5O3S. The molecule has 0 aliphatic heterocycles.